The number of rotatable bonds is 10. The summed E-state index contributed by atoms with van der Waals surface area (Å²) in [5.41, 5.74) is 1.69. The SMILES string of the molecule is CCCCOc1ccc(NC(=O)C(CCSC)NC(=O)N2CC3CC(C2)c2cccc(=O)n2C3)cc1. The van der Waals surface area contributed by atoms with E-state index in [-0.39, 0.29) is 29.3 Å². The Labute approximate surface area is 216 Å². The van der Waals surface area contributed by atoms with E-state index in [1.165, 1.54) is 0 Å². The van der Waals surface area contributed by atoms with Crippen molar-refractivity contribution in [2.75, 3.05) is 37.0 Å². The first-order chi connectivity index (χ1) is 17.5. The van der Waals surface area contributed by atoms with Gasteiger partial charge in [0, 0.05) is 43.0 Å². The quantitative estimate of drug-likeness (QED) is 0.471. The smallest absolute Gasteiger partial charge is 0.318 e. The Kier molecular flexibility index (Phi) is 8.96. The summed E-state index contributed by atoms with van der Waals surface area (Å²) in [6.07, 6.45) is 5.57. The molecule has 0 saturated carbocycles. The number of likely N-dealkylation sites (tertiary alicyclic amines) is 1. The van der Waals surface area contributed by atoms with E-state index in [4.69, 9.17) is 4.74 Å². The number of benzene rings is 1. The van der Waals surface area contributed by atoms with E-state index in [9.17, 15) is 14.4 Å². The normalized spacial score (nSPS) is 19.2. The van der Waals surface area contributed by atoms with Crippen LogP contribution in [0.4, 0.5) is 10.5 Å². The number of carbonyl (C=O) groups is 2. The Hall–Kier alpha value is -2.94. The van der Waals surface area contributed by atoms with Gasteiger partial charge in [0.05, 0.1) is 6.61 Å². The van der Waals surface area contributed by atoms with Crippen LogP contribution in [0.3, 0.4) is 0 Å². The van der Waals surface area contributed by atoms with Crippen molar-refractivity contribution in [2.24, 2.45) is 5.92 Å². The number of aromatic nitrogens is 1. The van der Waals surface area contributed by atoms with Gasteiger partial charge in [0.1, 0.15) is 11.8 Å². The maximum Gasteiger partial charge on any atom is 0.318 e. The zero-order valence-electron chi connectivity index (χ0n) is 21.1. The van der Waals surface area contributed by atoms with Crippen LogP contribution < -0.4 is 20.9 Å². The van der Waals surface area contributed by atoms with Crippen LogP contribution in [0.15, 0.2) is 47.3 Å². The first kappa shape index (κ1) is 26.1. The number of amides is 3. The fourth-order valence-electron chi connectivity index (χ4n) is 5.01. The topological polar surface area (TPSA) is 92.7 Å². The fraction of sp³-hybridized carbons (Fsp3) is 0.519. The number of anilines is 1. The van der Waals surface area contributed by atoms with Gasteiger partial charge in [-0.3, -0.25) is 9.59 Å². The molecule has 2 N–H and O–H groups in total. The number of nitrogens with one attached hydrogen (secondary N) is 2. The monoisotopic (exact) mass is 512 g/mol. The molecule has 1 saturated heterocycles. The van der Waals surface area contributed by atoms with Crippen LogP contribution in [-0.2, 0) is 11.3 Å². The summed E-state index contributed by atoms with van der Waals surface area (Å²) in [6, 6.07) is 11.8. The molecule has 0 radical (unpaired) electrons. The third-order valence-electron chi connectivity index (χ3n) is 6.88. The molecular weight excluding hydrogens is 476 g/mol. The number of piperidine rings is 1. The number of pyridine rings is 1. The van der Waals surface area contributed by atoms with Crippen LogP contribution in [0.5, 0.6) is 5.75 Å². The van der Waals surface area contributed by atoms with E-state index in [0.29, 0.717) is 38.3 Å². The molecular formula is C27H36N4O4S. The lowest BCUT2D eigenvalue weighted by Gasteiger charge is -2.43. The van der Waals surface area contributed by atoms with Gasteiger partial charge in [-0.15, -0.1) is 0 Å². The average molecular weight is 513 g/mol. The van der Waals surface area contributed by atoms with Crippen LogP contribution in [0.2, 0.25) is 0 Å². The molecule has 4 rings (SSSR count). The van der Waals surface area contributed by atoms with E-state index in [1.807, 2.05) is 46.1 Å². The third-order valence-corrected chi connectivity index (χ3v) is 7.52. The minimum atomic E-state index is -0.637. The second kappa shape index (κ2) is 12.3. The largest absolute Gasteiger partial charge is 0.494 e. The zero-order valence-corrected chi connectivity index (χ0v) is 21.9. The summed E-state index contributed by atoms with van der Waals surface area (Å²) >= 11 is 1.64. The van der Waals surface area contributed by atoms with Crippen LogP contribution in [0.25, 0.3) is 0 Å². The van der Waals surface area contributed by atoms with Gasteiger partial charge in [-0.2, -0.15) is 11.8 Å². The molecule has 0 spiro atoms. The van der Waals surface area contributed by atoms with Crippen LogP contribution in [0, 0.1) is 5.92 Å². The minimum absolute atomic E-state index is 0.0226. The maximum atomic E-state index is 13.3. The van der Waals surface area contributed by atoms with Crippen molar-refractivity contribution >= 4 is 29.4 Å². The van der Waals surface area contributed by atoms with Gasteiger partial charge in [-0.1, -0.05) is 19.4 Å². The standard InChI is InChI=1S/C27H36N4O4S/c1-3-4-13-35-22-10-8-21(9-11-22)28-26(33)23(12-14-36-2)29-27(34)30-16-19-15-20(18-30)24-6-5-7-25(32)31(24)17-19/h5-11,19-20,23H,3-4,12-18H2,1-2H3,(H,28,33)(H,29,34). The summed E-state index contributed by atoms with van der Waals surface area (Å²) in [6.45, 7) is 4.55. The van der Waals surface area contributed by atoms with Crippen molar-refractivity contribution in [3.63, 3.8) is 0 Å². The molecule has 3 amide bonds. The number of fused-ring (bicyclic) bond motifs is 4. The Morgan fingerprint density at radius 2 is 1.94 bits per heavy atom. The van der Waals surface area contributed by atoms with Crippen molar-refractivity contribution in [2.45, 2.75) is 51.1 Å². The first-order valence-corrected chi connectivity index (χ1v) is 14.2. The van der Waals surface area contributed by atoms with Gasteiger partial charge >= 0.3 is 6.03 Å². The molecule has 2 aromatic rings. The van der Waals surface area contributed by atoms with E-state index in [1.54, 1.807) is 23.9 Å². The molecule has 1 fully saturated rings. The van der Waals surface area contributed by atoms with Crippen molar-refractivity contribution in [3.05, 3.63) is 58.5 Å². The van der Waals surface area contributed by atoms with Gasteiger partial charge in [0.15, 0.2) is 0 Å². The Balaban J connectivity index is 1.37. The second-order valence-corrected chi connectivity index (χ2v) is 10.6. The molecule has 2 bridgehead atoms. The van der Waals surface area contributed by atoms with Crippen molar-refractivity contribution in [1.29, 1.82) is 0 Å². The van der Waals surface area contributed by atoms with Gasteiger partial charge in [0.2, 0.25) is 5.91 Å². The zero-order chi connectivity index (χ0) is 25.5. The summed E-state index contributed by atoms with van der Waals surface area (Å²) in [7, 11) is 0. The average Bonchev–Trinajstić information content (AvgIpc) is 2.88. The Bertz CT molecular complexity index is 1100. The van der Waals surface area contributed by atoms with Crippen LogP contribution in [0.1, 0.15) is 44.2 Å². The van der Waals surface area contributed by atoms with Crippen molar-refractivity contribution < 1.29 is 14.3 Å². The molecule has 2 aliphatic heterocycles. The molecule has 9 heteroatoms. The maximum absolute atomic E-state index is 13.3. The summed E-state index contributed by atoms with van der Waals surface area (Å²) in [5.74, 6) is 1.66. The number of hydrogen-bond acceptors (Lipinski definition) is 5. The lowest BCUT2D eigenvalue weighted by Crippen LogP contribution is -2.55. The third kappa shape index (κ3) is 6.43. The lowest BCUT2D eigenvalue weighted by molar-refractivity contribution is -0.118. The lowest BCUT2D eigenvalue weighted by atomic mass is 9.83. The van der Waals surface area contributed by atoms with Gasteiger partial charge in [-0.05, 0) is 67.5 Å². The summed E-state index contributed by atoms with van der Waals surface area (Å²) < 4.78 is 7.54. The highest BCUT2D eigenvalue weighted by Crippen LogP contribution is 2.35. The highest BCUT2D eigenvalue weighted by atomic mass is 32.2. The van der Waals surface area contributed by atoms with Gasteiger partial charge in [-0.25, -0.2) is 4.79 Å². The van der Waals surface area contributed by atoms with E-state index in [2.05, 4.69) is 17.6 Å². The highest BCUT2D eigenvalue weighted by Gasteiger charge is 2.37. The summed E-state index contributed by atoms with van der Waals surface area (Å²) in [5, 5.41) is 5.92. The number of carbonyl (C=O) groups excluding carboxylic acids is 2. The molecule has 36 heavy (non-hydrogen) atoms. The predicted octanol–water partition coefficient (Wildman–Crippen LogP) is 3.92. The number of ether oxygens (including phenoxy) is 1. The number of hydrogen-bond donors (Lipinski definition) is 2. The first-order valence-electron chi connectivity index (χ1n) is 12.8. The summed E-state index contributed by atoms with van der Waals surface area (Å²) in [4.78, 5) is 40.4. The molecule has 3 unspecified atom stereocenters. The molecule has 3 heterocycles. The van der Waals surface area contributed by atoms with E-state index in [0.717, 1.165) is 36.5 Å². The second-order valence-electron chi connectivity index (χ2n) is 9.60. The minimum Gasteiger partial charge on any atom is -0.494 e. The molecule has 2 aliphatic rings. The predicted molar refractivity (Wildman–Crippen MR) is 144 cm³/mol. The van der Waals surface area contributed by atoms with E-state index >= 15 is 0 Å². The van der Waals surface area contributed by atoms with Gasteiger partial charge in [0.25, 0.3) is 5.56 Å². The highest BCUT2D eigenvalue weighted by molar-refractivity contribution is 7.98. The molecule has 1 aromatic heterocycles. The Morgan fingerprint density at radius 3 is 2.69 bits per heavy atom. The fourth-order valence-corrected chi connectivity index (χ4v) is 5.48. The molecule has 1 aromatic carbocycles. The Morgan fingerprint density at radius 1 is 1.14 bits per heavy atom. The van der Waals surface area contributed by atoms with Crippen LogP contribution >= 0.6 is 11.8 Å². The molecule has 0 aliphatic carbocycles. The number of nitrogens with zero attached hydrogens (tertiary/aromatic N) is 2. The van der Waals surface area contributed by atoms with Crippen LogP contribution in [-0.4, -0.2) is 59.2 Å². The molecule has 3 atom stereocenters. The number of unbranched alkanes of at least 4 members (excludes halogenated alkanes) is 1. The van der Waals surface area contributed by atoms with Crippen molar-refractivity contribution in [1.82, 2.24) is 14.8 Å². The van der Waals surface area contributed by atoms with Crippen molar-refractivity contribution in [3.8, 4) is 5.75 Å². The number of thioether (sulfide) groups is 1. The van der Waals surface area contributed by atoms with Gasteiger partial charge < -0.3 is 24.8 Å². The van der Waals surface area contributed by atoms with E-state index < -0.39 is 6.04 Å². The number of urea groups is 1. The molecule has 8 nitrogen and oxygen atoms in total. The molecule has 194 valence electrons.